The fourth-order valence-electron chi connectivity index (χ4n) is 2.86. The van der Waals surface area contributed by atoms with Gasteiger partial charge in [0.1, 0.15) is 0 Å². The number of carbonyl (C=O) groups excluding carboxylic acids is 2. The number of benzene rings is 1. The molecule has 2 N–H and O–H groups in total. The Kier molecular flexibility index (Phi) is 7.55. The average molecular weight is 371 g/mol. The Morgan fingerprint density at radius 2 is 1.81 bits per heavy atom. The number of hydrogen-bond donors (Lipinski definition) is 2. The third kappa shape index (κ3) is 5.92. The van der Waals surface area contributed by atoms with Crippen molar-refractivity contribution < 1.29 is 9.59 Å². The van der Waals surface area contributed by atoms with Gasteiger partial charge in [-0.05, 0) is 39.4 Å². The van der Waals surface area contributed by atoms with Crippen LogP contribution >= 0.6 is 0 Å². The number of para-hydroxylation sites is 1. The first-order chi connectivity index (χ1) is 12.9. The van der Waals surface area contributed by atoms with Gasteiger partial charge in [0.05, 0.1) is 24.5 Å². The van der Waals surface area contributed by atoms with Gasteiger partial charge in [-0.15, -0.1) is 0 Å². The first-order valence-electron chi connectivity index (χ1n) is 9.24. The number of aryl methyl sites for hydroxylation is 1. The van der Waals surface area contributed by atoms with Crippen LogP contribution in [0.4, 0.5) is 0 Å². The molecule has 2 aromatic rings. The van der Waals surface area contributed by atoms with Gasteiger partial charge in [-0.3, -0.25) is 14.5 Å². The maximum absolute atomic E-state index is 12.1. The number of nitrogens with one attached hydrogen (secondary N) is 2. The molecule has 0 fully saturated rings. The molecule has 146 valence electrons. The fraction of sp³-hybridized carbons (Fsp3) is 0.450. The summed E-state index contributed by atoms with van der Waals surface area (Å²) in [7, 11) is 1.88. The highest BCUT2D eigenvalue weighted by molar-refractivity contribution is 5.85. The average Bonchev–Trinajstić information content (AvgIpc) is 2.93. The van der Waals surface area contributed by atoms with Crippen LogP contribution in [0.3, 0.4) is 0 Å². The maximum atomic E-state index is 12.1. The van der Waals surface area contributed by atoms with Crippen molar-refractivity contribution in [2.75, 3.05) is 26.7 Å². The van der Waals surface area contributed by atoms with E-state index in [0.717, 1.165) is 29.1 Å². The van der Waals surface area contributed by atoms with Crippen LogP contribution in [0.1, 0.15) is 30.3 Å². The number of rotatable bonds is 9. The molecule has 1 aromatic heterocycles. The van der Waals surface area contributed by atoms with Gasteiger partial charge in [0.15, 0.2) is 0 Å². The second kappa shape index (κ2) is 9.87. The van der Waals surface area contributed by atoms with Crippen molar-refractivity contribution in [3.8, 4) is 5.69 Å². The first-order valence-corrected chi connectivity index (χ1v) is 9.24. The van der Waals surface area contributed by atoms with Crippen LogP contribution in [0.25, 0.3) is 5.69 Å². The van der Waals surface area contributed by atoms with Gasteiger partial charge in [-0.25, -0.2) is 4.68 Å². The van der Waals surface area contributed by atoms with Crippen molar-refractivity contribution in [3.05, 3.63) is 47.3 Å². The Hall–Kier alpha value is -2.67. The van der Waals surface area contributed by atoms with Crippen LogP contribution in [0.5, 0.6) is 0 Å². The zero-order valence-corrected chi connectivity index (χ0v) is 16.6. The van der Waals surface area contributed by atoms with E-state index < -0.39 is 0 Å². The van der Waals surface area contributed by atoms with Crippen LogP contribution in [-0.4, -0.2) is 53.2 Å². The second-order valence-electron chi connectivity index (χ2n) is 6.70. The predicted octanol–water partition coefficient (Wildman–Crippen LogP) is 1.56. The summed E-state index contributed by atoms with van der Waals surface area (Å²) >= 11 is 0. The first kappa shape index (κ1) is 20.6. The summed E-state index contributed by atoms with van der Waals surface area (Å²) in [6.45, 7) is 7.46. The standard InChI is InChI=1S/C20H29N5O2/c1-5-11-21-19(26)12-22-20(27)14-24(4)13-18-15(2)23-25(16(18)3)17-9-7-6-8-10-17/h6-10H,5,11-14H2,1-4H3,(H,21,26)(H,22,27). The fourth-order valence-corrected chi connectivity index (χ4v) is 2.86. The van der Waals surface area contributed by atoms with E-state index in [1.54, 1.807) is 0 Å². The molecule has 0 bridgehead atoms. The smallest absolute Gasteiger partial charge is 0.239 e. The quantitative estimate of drug-likeness (QED) is 0.701. The van der Waals surface area contributed by atoms with Crippen molar-refractivity contribution in [2.24, 2.45) is 0 Å². The number of hydrogen-bond acceptors (Lipinski definition) is 4. The Balaban J connectivity index is 1.92. The zero-order chi connectivity index (χ0) is 19.8. The van der Waals surface area contributed by atoms with Crippen LogP contribution < -0.4 is 10.6 Å². The lowest BCUT2D eigenvalue weighted by Gasteiger charge is -2.16. The minimum Gasteiger partial charge on any atom is -0.355 e. The van der Waals surface area contributed by atoms with E-state index in [1.165, 1.54) is 0 Å². The molecule has 1 heterocycles. The monoisotopic (exact) mass is 371 g/mol. The molecule has 2 amide bonds. The molecule has 1 aromatic carbocycles. The third-order valence-corrected chi connectivity index (χ3v) is 4.30. The van der Waals surface area contributed by atoms with Gasteiger partial charge in [0.25, 0.3) is 0 Å². The van der Waals surface area contributed by atoms with Gasteiger partial charge in [0.2, 0.25) is 11.8 Å². The van der Waals surface area contributed by atoms with Crippen molar-refractivity contribution >= 4 is 11.8 Å². The summed E-state index contributed by atoms with van der Waals surface area (Å²) in [4.78, 5) is 25.5. The number of likely N-dealkylation sites (N-methyl/N-ethyl adjacent to an activating group) is 1. The van der Waals surface area contributed by atoms with E-state index >= 15 is 0 Å². The lowest BCUT2D eigenvalue weighted by atomic mass is 10.2. The van der Waals surface area contributed by atoms with E-state index in [0.29, 0.717) is 13.1 Å². The molecule has 0 aliphatic carbocycles. The van der Waals surface area contributed by atoms with Crippen molar-refractivity contribution in [1.82, 2.24) is 25.3 Å². The van der Waals surface area contributed by atoms with E-state index in [9.17, 15) is 9.59 Å². The second-order valence-corrected chi connectivity index (χ2v) is 6.70. The third-order valence-electron chi connectivity index (χ3n) is 4.30. The largest absolute Gasteiger partial charge is 0.355 e. The van der Waals surface area contributed by atoms with Gasteiger partial charge in [-0.1, -0.05) is 25.1 Å². The van der Waals surface area contributed by atoms with Crippen molar-refractivity contribution in [2.45, 2.75) is 33.7 Å². The van der Waals surface area contributed by atoms with E-state index in [-0.39, 0.29) is 24.9 Å². The molecule has 2 rings (SSSR count). The summed E-state index contributed by atoms with van der Waals surface area (Å²) in [6, 6.07) is 9.98. The molecular weight excluding hydrogens is 342 g/mol. The van der Waals surface area contributed by atoms with Crippen LogP contribution in [0.15, 0.2) is 30.3 Å². The minimum absolute atomic E-state index is 0.0106. The van der Waals surface area contributed by atoms with Crippen LogP contribution in [0.2, 0.25) is 0 Å². The normalized spacial score (nSPS) is 10.9. The molecule has 0 radical (unpaired) electrons. The molecule has 0 saturated heterocycles. The van der Waals surface area contributed by atoms with Crippen molar-refractivity contribution in [3.63, 3.8) is 0 Å². The molecule has 0 unspecified atom stereocenters. The molecule has 7 nitrogen and oxygen atoms in total. The lowest BCUT2D eigenvalue weighted by Crippen LogP contribution is -2.41. The van der Waals surface area contributed by atoms with Crippen molar-refractivity contribution in [1.29, 1.82) is 0 Å². The highest BCUT2D eigenvalue weighted by Crippen LogP contribution is 2.19. The molecule has 7 heteroatoms. The Bertz CT molecular complexity index is 770. The van der Waals surface area contributed by atoms with Crippen LogP contribution in [0, 0.1) is 13.8 Å². The Labute approximate surface area is 160 Å². The highest BCUT2D eigenvalue weighted by Gasteiger charge is 2.16. The van der Waals surface area contributed by atoms with Gasteiger partial charge >= 0.3 is 0 Å². The number of amides is 2. The Morgan fingerprint density at radius 1 is 1.11 bits per heavy atom. The summed E-state index contributed by atoms with van der Waals surface area (Å²) < 4.78 is 1.93. The highest BCUT2D eigenvalue weighted by atomic mass is 16.2. The molecule has 0 aliphatic heterocycles. The summed E-state index contributed by atoms with van der Waals surface area (Å²) in [6.07, 6.45) is 0.873. The number of aromatic nitrogens is 2. The van der Waals surface area contributed by atoms with E-state index in [2.05, 4.69) is 15.7 Å². The zero-order valence-electron chi connectivity index (χ0n) is 16.6. The minimum atomic E-state index is -0.171. The van der Waals surface area contributed by atoms with Crippen LogP contribution in [-0.2, 0) is 16.1 Å². The molecule has 0 spiro atoms. The molecule has 0 saturated carbocycles. The van der Waals surface area contributed by atoms with E-state index in [4.69, 9.17) is 0 Å². The molecular formula is C20H29N5O2. The lowest BCUT2D eigenvalue weighted by molar-refractivity contribution is -0.126. The molecule has 0 aliphatic rings. The topological polar surface area (TPSA) is 79.3 Å². The Morgan fingerprint density at radius 3 is 2.48 bits per heavy atom. The van der Waals surface area contributed by atoms with Gasteiger partial charge < -0.3 is 10.6 Å². The summed E-state index contributed by atoms with van der Waals surface area (Å²) in [5, 5.41) is 10.0. The number of nitrogens with zero attached hydrogens (tertiary/aromatic N) is 3. The maximum Gasteiger partial charge on any atom is 0.239 e. The SMILES string of the molecule is CCCNC(=O)CNC(=O)CN(C)Cc1c(C)nn(-c2ccccc2)c1C. The summed E-state index contributed by atoms with van der Waals surface area (Å²) in [5.41, 5.74) is 4.13. The molecule has 27 heavy (non-hydrogen) atoms. The molecule has 0 atom stereocenters. The predicted molar refractivity (Wildman–Crippen MR) is 106 cm³/mol. The van der Waals surface area contributed by atoms with Gasteiger partial charge in [-0.2, -0.15) is 5.10 Å². The van der Waals surface area contributed by atoms with Gasteiger partial charge in [0, 0.05) is 24.3 Å². The summed E-state index contributed by atoms with van der Waals surface area (Å²) in [5.74, 6) is -0.335. The van der Waals surface area contributed by atoms with E-state index in [1.807, 2.05) is 67.7 Å². The number of carbonyl (C=O) groups is 2.